The monoisotopic (exact) mass is 494 g/mol. The second-order valence-corrected chi connectivity index (χ2v) is 8.82. The number of hydrogen-bond acceptors (Lipinski definition) is 8. The van der Waals surface area contributed by atoms with Gasteiger partial charge in [-0.2, -0.15) is 5.26 Å². The molecule has 10 nitrogen and oxygen atoms in total. The maximum atomic E-state index is 12.5. The Morgan fingerprint density at radius 2 is 1.70 bits per heavy atom. The third-order valence-corrected chi connectivity index (χ3v) is 6.54. The van der Waals surface area contributed by atoms with Gasteiger partial charge in [-0.25, -0.2) is 9.48 Å². The standard InChI is InChI=1S/C27H22N6O4/c28-14-17-5-4-8-21(13-17)29-27(34)37-23-16-36-24-22(15-35-25(23)24)33-26(30-31-32-33)20-11-9-19(10-12-20)18-6-2-1-3-7-18/h1-13,22-25H,15-16H2,(H,29,34). The quantitative estimate of drug-likeness (QED) is 0.444. The van der Waals surface area contributed by atoms with Gasteiger partial charge in [0.2, 0.25) is 0 Å². The van der Waals surface area contributed by atoms with Crippen molar-refractivity contribution in [3.05, 3.63) is 84.4 Å². The summed E-state index contributed by atoms with van der Waals surface area (Å²) in [5.41, 5.74) is 4.02. The molecular weight excluding hydrogens is 472 g/mol. The lowest BCUT2D eigenvalue weighted by Crippen LogP contribution is -2.35. The van der Waals surface area contributed by atoms with E-state index in [4.69, 9.17) is 19.5 Å². The fourth-order valence-corrected chi connectivity index (χ4v) is 4.76. The number of anilines is 1. The molecule has 3 heterocycles. The lowest BCUT2D eigenvalue weighted by molar-refractivity contribution is 0.00774. The predicted octanol–water partition coefficient (Wildman–Crippen LogP) is 3.83. The molecule has 1 N–H and O–H groups in total. The Bertz CT molecular complexity index is 1450. The number of carbonyl (C=O) groups excluding carboxylic acids is 1. The average molecular weight is 495 g/mol. The van der Waals surface area contributed by atoms with Crippen LogP contribution in [0.2, 0.25) is 0 Å². The summed E-state index contributed by atoms with van der Waals surface area (Å²) < 4.78 is 19.3. The minimum atomic E-state index is -0.641. The van der Waals surface area contributed by atoms with Gasteiger partial charge in [0.25, 0.3) is 0 Å². The van der Waals surface area contributed by atoms with Gasteiger partial charge < -0.3 is 14.2 Å². The highest BCUT2D eigenvalue weighted by molar-refractivity contribution is 5.85. The number of amides is 1. The highest BCUT2D eigenvalue weighted by Gasteiger charge is 2.51. The number of nitrogens with one attached hydrogen (secondary N) is 1. The molecule has 4 unspecified atom stereocenters. The molecule has 0 aliphatic carbocycles. The lowest BCUT2D eigenvalue weighted by atomic mass is 10.0. The molecule has 2 fully saturated rings. The van der Waals surface area contributed by atoms with Crippen LogP contribution in [-0.2, 0) is 14.2 Å². The van der Waals surface area contributed by atoms with Gasteiger partial charge in [-0.1, -0.05) is 60.7 Å². The molecule has 1 amide bonds. The van der Waals surface area contributed by atoms with E-state index in [1.54, 1.807) is 28.9 Å². The summed E-state index contributed by atoms with van der Waals surface area (Å²) in [4.78, 5) is 12.5. The summed E-state index contributed by atoms with van der Waals surface area (Å²) in [6, 6.07) is 26.6. The van der Waals surface area contributed by atoms with E-state index in [9.17, 15) is 4.79 Å². The van der Waals surface area contributed by atoms with E-state index in [0.29, 0.717) is 23.7 Å². The third kappa shape index (κ3) is 4.53. The molecule has 10 heteroatoms. The van der Waals surface area contributed by atoms with Crippen LogP contribution < -0.4 is 5.32 Å². The molecule has 0 saturated carbocycles. The fraction of sp³-hybridized carbons (Fsp3) is 0.222. The second-order valence-electron chi connectivity index (χ2n) is 8.82. The van der Waals surface area contributed by atoms with E-state index >= 15 is 0 Å². The van der Waals surface area contributed by atoms with Crippen LogP contribution in [0.15, 0.2) is 78.9 Å². The zero-order valence-electron chi connectivity index (χ0n) is 19.6. The Morgan fingerprint density at radius 3 is 2.51 bits per heavy atom. The van der Waals surface area contributed by atoms with E-state index in [2.05, 4.69) is 33.0 Å². The largest absolute Gasteiger partial charge is 0.441 e. The van der Waals surface area contributed by atoms with E-state index in [1.165, 1.54) is 0 Å². The molecule has 0 radical (unpaired) electrons. The predicted molar refractivity (Wildman–Crippen MR) is 132 cm³/mol. The van der Waals surface area contributed by atoms with E-state index in [0.717, 1.165) is 16.7 Å². The molecule has 1 aromatic heterocycles. The lowest BCUT2D eigenvalue weighted by Gasteiger charge is -2.18. The van der Waals surface area contributed by atoms with Crippen molar-refractivity contribution in [2.45, 2.75) is 24.4 Å². The molecule has 2 saturated heterocycles. The number of fused-ring (bicyclic) bond motifs is 1. The van der Waals surface area contributed by atoms with Crippen molar-refractivity contribution in [1.29, 1.82) is 5.26 Å². The zero-order valence-corrected chi connectivity index (χ0v) is 19.6. The van der Waals surface area contributed by atoms with Gasteiger partial charge in [-0.15, -0.1) is 5.10 Å². The van der Waals surface area contributed by atoms with Crippen LogP contribution in [0.25, 0.3) is 22.5 Å². The molecule has 0 bridgehead atoms. The first-order valence-electron chi connectivity index (χ1n) is 11.8. The number of benzene rings is 3. The number of nitrogens with zero attached hydrogens (tertiary/aromatic N) is 5. The SMILES string of the molecule is N#Cc1cccc(NC(=O)OC2COC3C2OCC3n2nnnc2-c2ccc(-c3ccccc3)cc2)c1. The van der Waals surface area contributed by atoms with Crippen molar-refractivity contribution in [2.75, 3.05) is 18.5 Å². The highest BCUT2D eigenvalue weighted by Crippen LogP contribution is 2.37. The Labute approximate surface area is 212 Å². The van der Waals surface area contributed by atoms with Gasteiger partial charge in [0.15, 0.2) is 11.9 Å². The summed E-state index contributed by atoms with van der Waals surface area (Å²) in [6.45, 7) is 0.516. The Hall–Kier alpha value is -4.59. The molecule has 0 spiro atoms. The van der Waals surface area contributed by atoms with E-state index < -0.39 is 18.3 Å². The van der Waals surface area contributed by atoms with Gasteiger partial charge >= 0.3 is 6.09 Å². The van der Waals surface area contributed by atoms with Gasteiger partial charge in [-0.05, 0) is 39.8 Å². The first-order valence-corrected chi connectivity index (χ1v) is 11.8. The number of carbonyl (C=O) groups is 1. The maximum Gasteiger partial charge on any atom is 0.412 e. The third-order valence-electron chi connectivity index (χ3n) is 6.54. The number of tetrazole rings is 1. The molecule has 184 valence electrons. The van der Waals surface area contributed by atoms with E-state index in [-0.39, 0.29) is 18.8 Å². The topological polar surface area (TPSA) is 124 Å². The first-order chi connectivity index (χ1) is 18.2. The number of rotatable bonds is 5. The molecule has 2 aliphatic rings. The summed E-state index contributed by atoms with van der Waals surface area (Å²) in [6.07, 6.45) is -2.04. The van der Waals surface area contributed by atoms with Crippen LogP contribution in [0, 0.1) is 11.3 Å². The van der Waals surface area contributed by atoms with Crippen LogP contribution in [0.4, 0.5) is 10.5 Å². The van der Waals surface area contributed by atoms with Crippen molar-refractivity contribution < 1.29 is 19.0 Å². The number of hydrogen-bond donors (Lipinski definition) is 1. The van der Waals surface area contributed by atoms with Gasteiger partial charge in [-0.3, -0.25) is 5.32 Å². The summed E-state index contributed by atoms with van der Waals surface area (Å²) in [7, 11) is 0. The van der Waals surface area contributed by atoms with Crippen LogP contribution in [0.3, 0.4) is 0 Å². The van der Waals surface area contributed by atoms with Gasteiger partial charge in [0.1, 0.15) is 18.2 Å². The molecule has 2 aliphatic heterocycles. The minimum absolute atomic E-state index is 0.195. The summed E-state index contributed by atoms with van der Waals surface area (Å²) in [5, 5.41) is 24.1. The van der Waals surface area contributed by atoms with Crippen LogP contribution >= 0.6 is 0 Å². The maximum absolute atomic E-state index is 12.5. The first kappa shape index (κ1) is 22.8. The van der Waals surface area contributed by atoms with E-state index in [1.807, 2.05) is 48.5 Å². The van der Waals surface area contributed by atoms with Crippen molar-refractivity contribution >= 4 is 11.8 Å². The van der Waals surface area contributed by atoms with Crippen molar-refractivity contribution in [2.24, 2.45) is 0 Å². The fourth-order valence-electron chi connectivity index (χ4n) is 4.76. The Kier molecular flexibility index (Phi) is 6.06. The number of ether oxygens (including phenoxy) is 3. The normalized spacial score (nSPS) is 22.2. The average Bonchev–Trinajstić information content (AvgIpc) is 3.67. The number of nitriles is 1. The molecule has 6 rings (SSSR count). The highest BCUT2D eigenvalue weighted by atomic mass is 16.6. The van der Waals surface area contributed by atoms with Gasteiger partial charge in [0.05, 0.1) is 24.8 Å². The number of aromatic nitrogens is 4. The minimum Gasteiger partial charge on any atom is -0.441 e. The van der Waals surface area contributed by atoms with Gasteiger partial charge in [0, 0.05) is 11.3 Å². The zero-order chi connectivity index (χ0) is 25.2. The molecule has 37 heavy (non-hydrogen) atoms. The van der Waals surface area contributed by atoms with Crippen molar-refractivity contribution in [3.63, 3.8) is 0 Å². The Balaban J connectivity index is 1.14. The van der Waals surface area contributed by atoms with Crippen LogP contribution in [0.5, 0.6) is 0 Å². The molecule has 4 aromatic rings. The Morgan fingerprint density at radius 1 is 0.946 bits per heavy atom. The molecular formula is C27H22N6O4. The van der Waals surface area contributed by atoms with Crippen molar-refractivity contribution in [3.8, 4) is 28.6 Å². The molecule has 3 aromatic carbocycles. The van der Waals surface area contributed by atoms with Crippen molar-refractivity contribution in [1.82, 2.24) is 20.2 Å². The van der Waals surface area contributed by atoms with Crippen LogP contribution in [-0.4, -0.2) is 57.8 Å². The summed E-state index contributed by atoms with van der Waals surface area (Å²) >= 11 is 0. The smallest absolute Gasteiger partial charge is 0.412 e. The van der Waals surface area contributed by atoms with Crippen LogP contribution in [0.1, 0.15) is 11.6 Å². The molecule has 4 atom stereocenters. The second kappa shape index (κ2) is 9.81. The summed E-state index contributed by atoms with van der Waals surface area (Å²) in [5.74, 6) is 0.608.